The van der Waals surface area contributed by atoms with E-state index in [1.165, 1.54) is 22.6 Å². The van der Waals surface area contributed by atoms with E-state index in [0.717, 1.165) is 0 Å². The third kappa shape index (κ3) is 3.70. The summed E-state index contributed by atoms with van der Waals surface area (Å²) in [5.74, 6) is 0. The van der Waals surface area contributed by atoms with E-state index in [2.05, 4.69) is 0 Å². The quantitative estimate of drug-likeness (QED) is 0.146. The van der Waals surface area contributed by atoms with Gasteiger partial charge in [0.05, 0.1) is 13.2 Å². The Morgan fingerprint density at radius 2 is 1.54 bits per heavy atom. The Kier molecular flexibility index (Phi) is 6.77. The predicted molar refractivity (Wildman–Crippen MR) is 81.6 cm³/mol. The van der Waals surface area contributed by atoms with Gasteiger partial charge in [0.2, 0.25) is 0 Å². The summed E-state index contributed by atoms with van der Waals surface area (Å²) in [6.07, 6.45) is -14.6. The minimum absolute atomic E-state index is 0.686. The van der Waals surface area contributed by atoms with E-state index >= 15 is 0 Å². The molecule has 0 spiro atoms. The van der Waals surface area contributed by atoms with Crippen molar-refractivity contribution in [1.82, 2.24) is 0 Å². The van der Waals surface area contributed by atoms with Gasteiger partial charge in [-0.1, -0.05) is 0 Å². The van der Waals surface area contributed by atoms with Crippen LogP contribution in [-0.4, -0.2) is 113 Å². The lowest BCUT2D eigenvalue weighted by atomic mass is 9.97. The second-order valence-electron chi connectivity index (χ2n) is 5.69. The highest BCUT2D eigenvalue weighted by Gasteiger charge is 2.55. The minimum atomic E-state index is -1.75. The van der Waals surface area contributed by atoms with Crippen LogP contribution in [0.5, 0.6) is 0 Å². The van der Waals surface area contributed by atoms with E-state index in [-0.39, 0.29) is 0 Å². The number of rotatable bonds is 4. The van der Waals surface area contributed by atoms with Crippen LogP contribution in [0.4, 0.5) is 0 Å². The first kappa shape index (κ1) is 20.6. The molecule has 0 saturated carbocycles. The van der Waals surface area contributed by atoms with E-state index < -0.39 is 72.1 Å². The lowest BCUT2D eigenvalue weighted by Crippen LogP contribution is -2.66. The molecule has 11 nitrogen and oxygen atoms in total. The normalized spacial score (nSPS) is 53.1. The van der Waals surface area contributed by atoms with Crippen LogP contribution < -0.4 is 0 Å². The molecule has 2 aliphatic rings. The number of aliphatic hydroxyl groups excluding tert-OH is 8. The highest BCUT2D eigenvalue weighted by Crippen LogP contribution is 2.37. The van der Waals surface area contributed by atoms with Gasteiger partial charge in [0.15, 0.2) is 16.2 Å². The molecular weight excluding hydrogens is 447 g/mol. The van der Waals surface area contributed by atoms with E-state index in [4.69, 9.17) is 14.2 Å². The number of hydrogen-bond acceptors (Lipinski definition) is 11. The molecule has 8 N–H and O–H groups in total. The van der Waals surface area contributed by atoms with Crippen LogP contribution in [0.2, 0.25) is 0 Å². The van der Waals surface area contributed by atoms with Crippen molar-refractivity contribution in [2.75, 3.05) is 13.2 Å². The third-order valence-electron chi connectivity index (χ3n) is 4.05. The maximum absolute atomic E-state index is 10.0. The monoisotopic (exact) mass is 468 g/mol. The summed E-state index contributed by atoms with van der Waals surface area (Å²) in [7, 11) is 0. The molecule has 24 heavy (non-hydrogen) atoms. The van der Waals surface area contributed by atoms with E-state index in [1.54, 1.807) is 0 Å². The molecule has 0 radical (unpaired) electrons. The van der Waals surface area contributed by atoms with Crippen molar-refractivity contribution in [3.8, 4) is 0 Å². The lowest BCUT2D eigenvalue weighted by molar-refractivity contribution is -0.357. The first-order chi connectivity index (χ1) is 11.2. The standard InChI is InChI=1S/C12H21IO11/c13-12(2-15)9(20)5(17)7(19)11(24-12)23-8-3(1-14)22-10(21)6(18)4(8)16/h3-11,14-21H,1-2H2/t3-,4-,5+,6-,7-,8-,9-,10-,11+,12+/m1/s1. The number of hydrogen-bond donors (Lipinski definition) is 8. The Labute approximate surface area is 150 Å². The highest BCUT2D eigenvalue weighted by molar-refractivity contribution is 14.1. The average Bonchev–Trinajstić information content (AvgIpc) is 2.57. The summed E-state index contributed by atoms with van der Waals surface area (Å²) in [6.45, 7) is -1.40. The molecule has 2 rings (SSSR count). The van der Waals surface area contributed by atoms with Crippen LogP contribution >= 0.6 is 22.6 Å². The summed E-state index contributed by atoms with van der Waals surface area (Å²) in [6, 6.07) is 0. The number of aliphatic hydroxyl groups is 8. The third-order valence-corrected chi connectivity index (χ3v) is 5.29. The van der Waals surface area contributed by atoms with Crippen molar-refractivity contribution < 1.29 is 55.1 Å². The maximum Gasteiger partial charge on any atom is 0.188 e. The number of halogens is 1. The summed E-state index contributed by atoms with van der Waals surface area (Å²) >= 11 is 1.54. The molecule has 0 aromatic carbocycles. The molecule has 2 saturated heterocycles. The summed E-state index contributed by atoms with van der Waals surface area (Å²) in [4.78, 5) is 0. The molecule has 0 amide bonds. The van der Waals surface area contributed by atoms with Crippen LogP contribution in [0.25, 0.3) is 0 Å². The summed E-state index contributed by atoms with van der Waals surface area (Å²) in [5.41, 5.74) is 0. The zero-order valence-corrected chi connectivity index (χ0v) is 14.4. The molecule has 2 heterocycles. The van der Waals surface area contributed by atoms with Crippen LogP contribution in [-0.2, 0) is 14.2 Å². The van der Waals surface area contributed by atoms with Crippen LogP contribution in [0, 0.1) is 0 Å². The zero-order valence-electron chi connectivity index (χ0n) is 12.3. The Bertz CT molecular complexity index is 426. The maximum atomic E-state index is 10.0. The Hall–Kier alpha value is 0.290. The van der Waals surface area contributed by atoms with Crippen molar-refractivity contribution in [2.24, 2.45) is 0 Å². The van der Waals surface area contributed by atoms with Crippen LogP contribution in [0.15, 0.2) is 0 Å². The minimum Gasteiger partial charge on any atom is -0.394 e. The summed E-state index contributed by atoms with van der Waals surface area (Å²) < 4.78 is 13.8. The summed E-state index contributed by atoms with van der Waals surface area (Å²) in [5, 5.41) is 77.5. The molecule has 0 aliphatic carbocycles. The van der Waals surface area contributed by atoms with Crippen molar-refractivity contribution in [3.63, 3.8) is 0 Å². The first-order valence-electron chi connectivity index (χ1n) is 7.14. The zero-order chi connectivity index (χ0) is 18.2. The molecule has 0 aromatic heterocycles. The molecule has 10 atom stereocenters. The van der Waals surface area contributed by atoms with Crippen molar-refractivity contribution in [2.45, 2.75) is 58.9 Å². The second kappa shape index (κ2) is 7.89. The topological polar surface area (TPSA) is 190 Å². The van der Waals surface area contributed by atoms with Gasteiger partial charge in [-0.2, -0.15) is 0 Å². The van der Waals surface area contributed by atoms with E-state index in [0.29, 0.717) is 0 Å². The Morgan fingerprint density at radius 1 is 0.917 bits per heavy atom. The molecule has 142 valence electrons. The van der Waals surface area contributed by atoms with E-state index in [1.807, 2.05) is 0 Å². The van der Waals surface area contributed by atoms with Gasteiger partial charge in [0.1, 0.15) is 42.7 Å². The molecule has 12 heteroatoms. The fourth-order valence-corrected chi connectivity index (χ4v) is 3.18. The smallest absolute Gasteiger partial charge is 0.188 e. The van der Waals surface area contributed by atoms with Gasteiger partial charge in [-0.15, -0.1) is 0 Å². The fourth-order valence-electron chi connectivity index (χ4n) is 2.56. The number of ether oxygens (including phenoxy) is 3. The highest BCUT2D eigenvalue weighted by atomic mass is 127. The van der Waals surface area contributed by atoms with Gasteiger partial charge >= 0.3 is 0 Å². The van der Waals surface area contributed by atoms with E-state index in [9.17, 15) is 40.9 Å². The fraction of sp³-hybridized carbons (Fsp3) is 1.00. The van der Waals surface area contributed by atoms with Crippen molar-refractivity contribution in [1.29, 1.82) is 0 Å². The molecule has 0 bridgehead atoms. The second-order valence-corrected chi connectivity index (χ2v) is 7.51. The SMILES string of the molecule is OC[C@H]1O[C@@H](O)[C@H](O)[C@@H](O)[C@@H]1O[C@H]1O[C@@](I)(CO)[C@H](O)[C@@H](O)[C@H]1O. The molecular formula is C12H21IO11. The number of alkyl halides is 1. The van der Waals surface area contributed by atoms with Gasteiger partial charge in [0.25, 0.3) is 0 Å². The first-order valence-corrected chi connectivity index (χ1v) is 8.22. The van der Waals surface area contributed by atoms with Gasteiger partial charge in [-0.3, -0.25) is 0 Å². The van der Waals surface area contributed by atoms with Gasteiger partial charge in [0, 0.05) is 0 Å². The Balaban J connectivity index is 2.18. The largest absolute Gasteiger partial charge is 0.394 e. The molecule has 2 aliphatic heterocycles. The van der Waals surface area contributed by atoms with Gasteiger partial charge in [-0.25, -0.2) is 0 Å². The predicted octanol–water partition coefficient (Wildman–Crippen LogP) is -4.63. The van der Waals surface area contributed by atoms with Gasteiger partial charge < -0.3 is 55.1 Å². The molecule has 0 unspecified atom stereocenters. The van der Waals surface area contributed by atoms with Crippen LogP contribution in [0.1, 0.15) is 0 Å². The molecule has 2 fully saturated rings. The Morgan fingerprint density at radius 3 is 2.08 bits per heavy atom. The molecule has 0 aromatic rings. The lowest BCUT2D eigenvalue weighted by Gasteiger charge is -2.47. The van der Waals surface area contributed by atoms with Crippen molar-refractivity contribution >= 4 is 22.6 Å². The average molecular weight is 468 g/mol. The van der Waals surface area contributed by atoms with Crippen LogP contribution in [0.3, 0.4) is 0 Å². The van der Waals surface area contributed by atoms with Crippen molar-refractivity contribution in [3.05, 3.63) is 0 Å². The van der Waals surface area contributed by atoms with Gasteiger partial charge in [-0.05, 0) is 22.6 Å².